The molecule has 6 heteroatoms. The predicted molar refractivity (Wildman–Crippen MR) is 120 cm³/mol. The number of rotatable bonds is 5. The molecule has 0 unspecified atom stereocenters. The Balaban J connectivity index is 1.46. The molecule has 1 N–H and O–H groups in total. The van der Waals surface area contributed by atoms with E-state index in [1.165, 1.54) is 30.6 Å². The summed E-state index contributed by atoms with van der Waals surface area (Å²) in [6.45, 7) is 2.08. The molecule has 30 heavy (non-hydrogen) atoms. The van der Waals surface area contributed by atoms with E-state index >= 15 is 0 Å². The molecule has 158 valence electrons. The second-order valence-electron chi connectivity index (χ2n) is 9.23. The monoisotopic (exact) mass is 443 g/mol. The molecule has 1 aromatic heterocycles. The number of anilines is 1. The van der Waals surface area contributed by atoms with Crippen molar-refractivity contribution in [3.8, 4) is 11.1 Å². The van der Waals surface area contributed by atoms with Crippen LogP contribution in [-0.4, -0.2) is 18.5 Å². The van der Waals surface area contributed by atoms with Gasteiger partial charge in [0, 0.05) is 16.0 Å². The van der Waals surface area contributed by atoms with E-state index in [9.17, 15) is 9.59 Å². The van der Waals surface area contributed by atoms with Gasteiger partial charge in [-0.1, -0.05) is 23.7 Å². The lowest BCUT2D eigenvalue weighted by molar-refractivity contribution is -0.140. The third-order valence-electron chi connectivity index (χ3n) is 7.17. The average molecular weight is 444 g/mol. The molecule has 1 heterocycles. The molecule has 0 atom stereocenters. The average Bonchev–Trinajstić information content (AvgIpc) is 3.11. The van der Waals surface area contributed by atoms with Crippen LogP contribution in [0.25, 0.3) is 11.1 Å². The van der Waals surface area contributed by atoms with Crippen LogP contribution >= 0.6 is 22.9 Å². The van der Waals surface area contributed by atoms with Crippen molar-refractivity contribution >= 4 is 39.8 Å². The Kier molecular flexibility index (Phi) is 5.14. The molecular formula is C24H26ClNO3S. The van der Waals surface area contributed by atoms with Gasteiger partial charge in [0.15, 0.2) is 0 Å². The van der Waals surface area contributed by atoms with Gasteiger partial charge < -0.3 is 10.1 Å². The fraction of sp³-hybridized carbons (Fsp3) is 0.500. The van der Waals surface area contributed by atoms with Gasteiger partial charge in [-0.2, -0.15) is 0 Å². The molecule has 4 bridgehead atoms. The summed E-state index contributed by atoms with van der Waals surface area (Å²) in [5.74, 6) is 1.78. The number of esters is 1. The van der Waals surface area contributed by atoms with Crippen LogP contribution in [0.3, 0.4) is 0 Å². The largest absolute Gasteiger partial charge is 0.462 e. The molecule has 0 saturated heterocycles. The fourth-order valence-electron chi connectivity index (χ4n) is 6.32. The van der Waals surface area contributed by atoms with Crippen molar-refractivity contribution in [3.05, 3.63) is 40.2 Å². The van der Waals surface area contributed by atoms with Gasteiger partial charge in [0.1, 0.15) is 10.6 Å². The minimum absolute atomic E-state index is 0.0941. The van der Waals surface area contributed by atoms with Crippen molar-refractivity contribution in [2.45, 2.75) is 45.4 Å². The zero-order valence-electron chi connectivity index (χ0n) is 17.1. The standard InChI is InChI=1S/C24H26ClNO3S/c1-2-29-22(27)20-19(17-3-5-18(25)6-4-17)13-30-21(20)26-23(28)24-10-14-7-15(11-24)9-16(8-14)12-24/h3-6,13-16H,2,7-12H2,1H3,(H,26,28). The minimum Gasteiger partial charge on any atom is -0.462 e. The summed E-state index contributed by atoms with van der Waals surface area (Å²) in [6.07, 6.45) is 6.86. The zero-order chi connectivity index (χ0) is 20.9. The maximum absolute atomic E-state index is 13.5. The van der Waals surface area contributed by atoms with E-state index in [1.54, 1.807) is 19.1 Å². The van der Waals surface area contributed by atoms with Gasteiger partial charge in [-0.15, -0.1) is 11.3 Å². The van der Waals surface area contributed by atoms with E-state index in [4.69, 9.17) is 16.3 Å². The van der Waals surface area contributed by atoms with E-state index < -0.39 is 5.97 Å². The quantitative estimate of drug-likeness (QED) is 0.544. The van der Waals surface area contributed by atoms with Crippen molar-refractivity contribution < 1.29 is 14.3 Å². The summed E-state index contributed by atoms with van der Waals surface area (Å²) >= 11 is 7.43. The van der Waals surface area contributed by atoms with Crippen LogP contribution in [0.2, 0.25) is 5.02 Å². The molecule has 4 aliphatic rings. The van der Waals surface area contributed by atoms with E-state index in [0.717, 1.165) is 30.4 Å². The van der Waals surface area contributed by atoms with Crippen LogP contribution in [0.5, 0.6) is 0 Å². The second-order valence-corrected chi connectivity index (χ2v) is 10.5. The smallest absolute Gasteiger partial charge is 0.341 e. The highest BCUT2D eigenvalue weighted by Gasteiger charge is 2.54. The number of halogens is 1. The Labute approximate surface area is 186 Å². The molecule has 2 aromatic rings. The van der Waals surface area contributed by atoms with Crippen LogP contribution in [0, 0.1) is 23.2 Å². The topological polar surface area (TPSA) is 55.4 Å². The van der Waals surface area contributed by atoms with Crippen LogP contribution in [0.1, 0.15) is 55.8 Å². The highest BCUT2D eigenvalue weighted by Crippen LogP contribution is 2.60. The molecule has 0 spiro atoms. The third kappa shape index (κ3) is 3.46. The number of hydrogen-bond acceptors (Lipinski definition) is 4. The van der Waals surface area contributed by atoms with E-state index in [2.05, 4.69) is 5.32 Å². The first-order valence-corrected chi connectivity index (χ1v) is 12.1. The van der Waals surface area contributed by atoms with Crippen LogP contribution in [-0.2, 0) is 9.53 Å². The Morgan fingerprint density at radius 1 is 1.10 bits per heavy atom. The number of thiophene rings is 1. The highest BCUT2D eigenvalue weighted by atomic mass is 35.5. The summed E-state index contributed by atoms with van der Waals surface area (Å²) in [6, 6.07) is 7.38. The predicted octanol–water partition coefficient (Wildman–Crippen LogP) is 6.40. The number of carbonyl (C=O) groups is 2. The van der Waals surface area contributed by atoms with Gasteiger partial charge in [-0.25, -0.2) is 4.79 Å². The Morgan fingerprint density at radius 3 is 2.27 bits per heavy atom. The maximum atomic E-state index is 13.5. The van der Waals surface area contributed by atoms with Gasteiger partial charge in [0.2, 0.25) is 5.91 Å². The molecule has 4 fully saturated rings. The van der Waals surface area contributed by atoms with Crippen LogP contribution in [0.4, 0.5) is 5.00 Å². The lowest BCUT2D eigenvalue weighted by Crippen LogP contribution is -2.51. The Bertz CT molecular complexity index is 946. The number of benzene rings is 1. The van der Waals surface area contributed by atoms with Gasteiger partial charge in [-0.3, -0.25) is 4.79 Å². The van der Waals surface area contributed by atoms with E-state index in [-0.39, 0.29) is 17.9 Å². The summed E-state index contributed by atoms with van der Waals surface area (Å²) in [7, 11) is 0. The summed E-state index contributed by atoms with van der Waals surface area (Å²) in [5.41, 5.74) is 1.85. The molecule has 1 aromatic carbocycles. The SMILES string of the molecule is CCOC(=O)c1c(-c2ccc(Cl)cc2)csc1NC(=O)C12CC3CC(CC(C3)C1)C2. The van der Waals surface area contributed by atoms with Crippen LogP contribution < -0.4 is 5.32 Å². The number of nitrogens with one attached hydrogen (secondary N) is 1. The lowest BCUT2D eigenvalue weighted by Gasteiger charge is -2.55. The van der Waals surface area contributed by atoms with Gasteiger partial charge in [0.05, 0.1) is 12.0 Å². The number of hydrogen-bond donors (Lipinski definition) is 1. The first-order valence-electron chi connectivity index (χ1n) is 10.8. The first-order chi connectivity index (χ1) is 14.5. The van der Waals surface area contributed by atoms with Gasteiger partial charge in [-0.05, 0) is 80.9 Å². The van der Waals surface area contributed by atoms with Crippen LogP contribution in [0.15, 0.2) is 29.6 Å². The summed E-state index contributed by atoms with van der Waals surface area (Å²) in [4.78, 5) is 26.3. The van der Waals surface area contributed by atoms with Crippen molar-refractivity contribution in [2.75, 3.05) is 11.9 Å². The van der Waals surface area contributed by atoms with E-state index in [1.807, 2.05) is 17.5 Å². The minimum atomic E-state index is -0.399. The number of amides is 1. The molecule has 1 amide bonds. The highest BCUT2D eigenvalue weighted by molar-refractivity contribution is 7.15. The number of carbonyl (C=O) groups excluding carboxylic acids is 2. The molecule has 4 saturated carbocycles. The molecular weight excluding hydrogens is 418 g/mol. The summed E-state index contributed by atoms with van der Waals surface area (Å²) in [5, 5.41) is 6.32. The fourth-order valence-corrected chi connectivity index (χ4v) is 7.40. The third-order valence-corrected chi connectivity index (χ3v) is 8.32. The van der Waals surface area contributed by atoms with Crippen molar-refractivity contribution in [3.63, 3.8) is 0 Å². The Hall–Kier alpha value is -1.85. The Morgan fingerprint density at radius 2 is 1.70 bits per heavy atom. The van der Waals surface area contributed by atoms with Crippen molar-refractivity contribution in [2.24, 2.45) is 23.2 Å². The van der Waals surface area contributed by atoms with Crippen molar-refractivity contribution in [1.29, 1.82) is 0 Å². The van der Waals surface area contributed by atoms with Gasteiger partial charge in [0.25, 0.3) is 0 Å². The first kappa shape index (κ1) is 20.1. The normalized spacial score (nSPS) is 29.1. The number of ether oxygens (including phenoxy) is 1. The molecule has 6 rings (SSSR count). The maximum Gasteiger partial charge on any atom is 0.341 e. The molecule has 0 aliphatic heterocycles. The van der Waals surface area contributed by atoms with E-state index in [0.29, 0.717) is 33.3 Å². The van der Waals surface area contributed by atoms with Crippen molar-refractivity contribution in [1.82, 2.24) is 0 Å². The molecule has 0 radical (unpaired) electrons. The lowest BCUT2D eigenvalue weighted by atomic mass is 9.49. The summed E-state index contributed by atoms with van der Waals surface area (Å²) < 4.78 is 5.33. The van der Waals surface area contributed by atoms with Gasteiger partial charge >= 0.3 is 5.97 Å². The molecule has 4 aliphatic carbocycles. The zero-order valence-corrected chi connectivity index (χ0v) is 18.7. The second kappa shape index (κ2) is 7.69. The molecule has 4 nitrogen and oxygen atoms in total.